The molecule has 0 aliphatic carbocycles. The number of methoxy groups -OCH3 is 1. The first-order valence-electron chi connectivity index (χ1n) is 8.68. The average Bonchev–Trinajstić information content (AvgIpc) is 3.28. The summed E-state index contributed by atoms with van der Waals surface area (Å²) in [7, 11) is 1.67. The fraction of sp³-hybridized carbons (Fsp3) is 0.474. The molecule has 7 heteroatoms. The van der Waals surface area contributed by atoms with E-state index >= 15 is 0 Å². The summed E-state index contributed by atoms with van der Waals surface area (Å²) >= 11 is 1.50. The number of rotatable bonds is 3. The third-order valence-electron chi connectivity index (χ3n) is 5.38. The zero-order valence-corrected chi connectivity index (χ0v) is 16.8. The topological polar surface area (TPSA) is 54.5 Å². The summed E-state index contributed by atoms with van der Waals surface area (Å²) < 4.78 is 5.28. The van der Waals surface area contributed by atoms with Crippen molar-refractivity contribution in [3.63, 3.8) is 0 Å². The van der Waals surface area contributed by atoms with E-state index in [0.29, 0.717) is 11.8 Å². The van der Waals surface area contributed by atoms with Gasteiger partial charge in [0.05, 0.1) is 23.9 Å². The number of hydrogen-bond acceptors (Lipinski definition) is 5. The summed E-state index contributed by atoms with van der Waals surface area (Å²) in [6.07, 6.45) is 0. The summed E-state index contributed by atoms with van der Waals surface area (Å²) in [4.78, 5) is 20.6. The second-order valence-electron chi connectivity index (χ2n) is 6.91. The number of hydrogen-bond donors (Lipinski definition) is 1. The number of carbonyl (C=O) groups excluding carboxylic acids is 1. The molecule has 140 valence electrons. The molecule has 1 amide bonds. The molecule has 2 saturated heterocycles. The second-order valence-corrected chi connectivity index (χ2v) is 8.11. The standard InChI is InChI=1S/C19H23N3O2S.ClH/c1-11-18(25-12(2)21-11)19(23)22-10-14-8-20-9-16(14)17(22)13-4-6-15(24-3)7-5-13;/h4-7,14,16-17,20H,8-10H2,1-3H3;1H/t14-,16-,17+;/m0./s1. The highest BCUT2D eigenvalue weighted by molar-refractivity contribution is 7.13. The van der Waals surface area contributed by atoms with E-state index in [9.17, 15) is 4.79 Å². The van der Waals surface area contributed by atoms with Crippen LogP contribution in [0.1, 0.15) is 32.0 Å². The number of halogens is 1. The maximum atomic E-state index is 13.3. The highest BCUT2D eigenvalue weighted by atomic mass is 35.5. The molecule has 0 unspecified atom stereocenters. The molecule has 4 rings (SSSR count). The van der Waals surface area contributed by atoms with E-state index in [1.165, 1.54) is 16.9 Å². The van der Waals surface area contributed by atoms with E-state index in [-0.39, 0.29) is 24.4 Å². The van der Waals surface area contributed by atoms with Gasteiger partial charge in [0, 0.05) is 25.6 Å². The molecule has 5 nitrogen and oxygen atoms in total. The van der Waals surface area contributed by atoms with Crippen molar-refractivity contribution in [3.8, 4) is 5.75 Å². The minimum absolute atomic E-state index is 0. The third kappa shape index (κ3) is 3.21. The first-order valence-corrected chi connectivity index (χ1v) is 9.50. The number of carbonyl (C=O) groups is 1. The van der Waals surface area contributed by atoms with Gasteiger partial charge >= 0.3 is 0 Å². The SMILES string of the molecule is COc1ccc([C@@H]2[C@H]3CNC[C@H]3CN2C(=O)c2sc(C)nc2C)cc1.Cl. The first-order chi connectivity index (χ1) is 12.1. The van der Waals surface area contributed by atoms with Crippen molar-refractivity contribution < 1.29 is 9.53 Å². The molecule has 0 radical (unpaired) electrons. The van der Waals surface area contributed by atoms with Gasteiger partial charge in [-0.2, -0.15) is 0 Å². The number of likely N-dealkylation sites (tertiary alicyclic amines) is 1. The maximum Gasteiger partial charge on any atom is 0.266 e. The molecule has 0 saturated carbocycles. The number of benzene rings is 1. The fourth-order valence-electron chi connectivity index (χ4n) is 4.22. The van der Waals surface area contributed by atoms with Crippen LogP contribution in [-0.4, -0.2) is 42.5 Å². The number of nitrogens with one attached hydrogen (secondary N) is 1. The zero-order valence-electron chi connectivity index (χ0n) is 15.2. The van der Waals surface area contributed by atoms with Gasteiger partial charge in [-0.25, -0.2) is 4.98 Å². The van der Waals surface area contributed by atoms with E-state index < -0.39 is 0 Å². The lowest BCUT2D eigenvalue weighted by Gasteiger charge is -2.28. The number of thiazole rings is 1. The lowest BCUT2D eigenvalue weighted by atomic mass is 9.89. The number of nitrogens with zero attached hydrogens (tertiary/aromatic N) is 2. The van der Waals surface area contributed by atoms with Gasteiger partial charge in [0.1, 0.15) is 10.6 Å². The van der Waals surface area contributed by atoms with Crippen LogP contribution in [0.25, 0.3) is 0 Å². The normalized spacial score (nSPS) is 24.3. The number of ether oxygens (including phenoxy) is 1. The lowest BCUT2D eigenvalue weighted by molar-refractivity contribution is 0.0718. The van der Waals surface area contributed by atoms with Crippen LogP contribution < -0.4 is 10.1 Å². The Kier molecular flexibility index (Phi) is 5.55. The van der Waals surface area contributed by atoms with E-state index in [4.69, 9.17) is 4.74 Å². The van der Waals surface area contributed by atoms with Crippen molar-refractivity contribution in [2.45, 2.75) is 19.9 Å². The largest absolute Gasteiger partial charge is 0.497 e. The Bertz CT molecular complexity index is 793. The molecule has 26 heavy (non-hydrogen) atoms. The Balaban J connectivity index is 0.00000196. The Hall–Kier alpha value is -1.63. The first kappa shape index (κ1) is 19.1. The van der Waals surface area contributed by atoms with Gasteiger partial charge in [0.2, 0.25) is 0 Å². The van der Waals surface area contributed by atoms with Crippen LogP contribution >= 0.6 is 23.7 Å². The minimum Gasteiger partial charge on any atom is -0.497 e. The van der Waals surface area contributed by atoms with Crippen LogP contribution in [0, 0.1) is 25.7 Å². The maximum absolute atomic E-state index is 13.3. The van der Waals surface area contributed by atoms with Crippen molar-refractivity contribution in [1.29, 1.82) is 0 Å². The minimum atomic E-state index is 0. The number of fused-ring (bicyclic) bond motifs is 1. The Morgan fingerprint density at radius 2 is 2.00 bits per heavy atom. The van der Waals surface area contributed by atoms with Crippen molar-refractivity contribution in [2.24, 2.45) is 11.8 Å². The zero-order chi connectivity index (χ0) is 17.6. The molecule has 2 aromatic rings. The van der Waals surface area contributed by atoms with E-state index in [2.05, 4.69) is 27.3 Å². The number of aryl methyl sites for hydroxylation is 2. The molecule has 1 N–H and O–H groups in total. The van der Waals surface area contributed by atoms with Crippen LogP contribution in [0.5, 0.6) is 5.75 Å². The molecule has 3 atom stereocenters. The van der Waals surface area contributed by atoms with Crippen molar-refractivity contribution in [3.05, 3.63) is 45.4 Å². The van der Waals surface area contributed by atoms with E-state index in [1.54, 1.807) is 7.11 Å². The van der Waals surface area contributed by atoms with Gasteiger partial charge < -0.3 is 15.0 Å². The molecule has 0 bridgehead atoms. The molecule has 2 aliphatic rings. The average molecular weight is 394 g/mol. The summed E-state index contributed by atoms with van der Waals surface area (Å²) in [5.41, 5.74) is 2.03. The fourth-order valence-corrected chi connectivity index (χ4v) is 5.09. The molecule has 1 aromatic heterocycles. The van der Waals surface area contributed by atoms with Gasteiger partial charge in [0.25, 0.3) is 5.91 Å². The molecular formula is C19H24ClN3O2S. The third-order valence-corrected chi connectivity index (χ3v) is 6.44. The predicted octanol–water partition coefficient (Wildman–Crippen LogP) is 3.22. The second kappa shape index (κ2) is 7.55. The van der Waals surface area contributed by atoms with Crippen LogP contribution in [0.2, 0.25) is 0 Å². The molecule has 1 aromatic carbocycles. The summed E-state index contributed by atoms with van der Waals surface area (Å²) in [5, 5.41) is 4.44. The smallest absolute Gasteiger partial charge is 0.266 e. The van der Waals surface area contributed by atoms with Crippen LogP contribution in [0.4, 0.5) is 0 Å². The summed E-state index contributed by atoms with van der Waals surface area (Å²) in [5.74, 6) is 1.95. The van der Waals surface area contributed by atoms with Gasteiger partial charge in [0.15, 0.2) is 0 Å². The quantitative estimate of drug-likeness (QED) is 0.869. The highest BCUT2D eigenvalue weighted by Crippen LogP contribution is 2.44. The highest BCUT2D eigenvalue weighted by Gasteiger charge is 2.47. The molecule has 3 heterocycles. The van der Waals surface area contributed by atoms with Gasteiger partial charge in [-0.15, -0.1) is 23.7 Å². The Labute approximate surface area is 164 Å². The van der Waals surface area contributed by atoms with Crippen LogP contribution in [0.15, 0.2) is 24.3 Å². The van der Waals surface area contributed by atoms with Crippen molar-refractivity contribution >= 4 is 29.7 Å². The molecule has 0 spiro atoms. The van der Waals surface area contributed by atoms with E-state index in [0.717, 1.165) is 41.0 Å². The van der Waals surface area contributed by atoms with Crippen molar-refractivity contribution in [1.82, 2.24) is 15.2 Å². The van der Waals surface area contributed by atoms with Gasteiger partial charge in [-0.05, 0) is 37.5 Å². The predicted molar refractivity (Wildman–Crippen MR) is 105 cm³/mol. The monoisotopic (exact) mass is 393 g/mol. The Morgan fingerprint density at radius 3 is 2.62 bits per heavy atom. The van der Waals surface area contributed by atoms with E-state index in [1.807, 2.05) is 26.0 Å². The van der Waals surface area contributed by atoms with Gasteiger partial charge in [-0.3, -0.25) is 4.79 Å². The summed E-state index contributed by atoms with van der Waals surface area (Å²) in [6.45, 7) is 6.65. The number of amides is 1. The van der Waals surface area contributed by atoms with Crippen molar-refractivity contribution in [2.75, 3.05) is 26.7 Å². The summed E-state index contributed by atoms with van der Waals surface area (Å²) in [6, 6.07) is 8.26. The Morgan fingerprint density at radius 1 is 1.27 bits per heavy atom. The van der Waals surface area contributed by atoms with Crippen LogP contribution in [0.3, 0.4) is 0 Å². The van der Waals surface area contributed by atoms with Gasteiger partial charge in [-0.1, -0.05) is 12.1 Å². The number of aromatic nitrogens is 1. The molecule has 2 aliphatic heterocycles. The molecule has 2 fully saturated rings. The lowest BCUT2D eigenvalue weighted by Crippen LogP contribution is -2.34. The molecular weight excluding hydrogens is 370 g/mol. The van der Waals surface area contributed by atoms with Crippen LogP contribution in [-0.2, 0) is 0 Å².